The van der Waals surface area contributed by atoms with E-state index in [1.165, 1.54) is 11.0 Å². The molecule has 3 heterocycles. The minimum absolute atomic E-state index is 0.101. The molecule has 8 heteroatoms. The smallest absolute Gasteiger partial charge is 0.261 e. The molecule has 6 rings (SSSR count). The second-order valence-corrected chi connectivity index (χ2v) is 8.35. The lowest BCUT2D eigenvalue weighted by Crippen LogP contribution is -2.32. The molecule has 0 saturated carbocycles. The van der Waals surface area contributed by atoms with Gasteiger partial charge in [-0.15, -0.1) is 0 Å². The largest absolute Gasteiger partial charge is 0.493 e. The average Bonchev–Trinajstić information content (AvgIpc) is 3.42. The summed E-state index contributed by atoms with van der Waals surface area (Å²) in [5, 5.41) is 3.03. The first-order chi connectivity index (χ1) is 16.6. The molecule has 0 aliphatic carbocycles. The summed E-state index contributed by atoms with van der Waals surface area (Å²) >= 11 is 0. The second kappa shape index (κ2) is 7.91. The monoisotopic (exact) mass is 456 g/mol. The number of nitrogens with zero attached hydrogens (tertiary/aromatic N) is 1. The third-order valence-electron chi connectivity index (χ3n) is 6.27. The molecule has 3 aromatic rings. The van der Waals surface area contributed by atoms with Gasteiger partial charge in [-0.1, -0.05) is 24.3 Å². The van der Waals surface area contributed by atoms with E-state index < -0.39 is 5.91 Å². The topological polar surface area (TPSA) is 94.2 Å². The molecule has 0 aromatic heterocycles. The van der Waals surface area contributed by atoms with Gasteiger partial charge in [-0.05, 0) is 42.0 Å². The highest BCUT2D eigenvalue weighted by Crippen LogP contribution is 2.34. The molecule has 34 heavy (non-hydrogen) atoms. The summed E-state index contributed by atoms with van der Waals surface area (Å²) in [4.78, 5) is 40.2. The van der Waals surface area contributed by atoms with Gasteiger partial charge in [0.2, 0.25) is 6.79 Å². The van der Waals surface area contributed by atoms with Gasteiger partial charge in [0, 0.05) is 17.5 Å². The van der Waals surface area contributed by atoms with Gasteiger partial charge in [0.1, 0.15) is 5.75 Å². The molecular weight excluding hydrogens is 436 g/mol. The lowest BCUT2D eigenvalue weighted by Gasteiger charge is -2.26. The van der Waals surface area contributed by atoms with Crippen LogP contribution in [0.5, 0.6) is 17.2 Å². The Morgan fingerprint density at radius 3 is 2.62 bits per heavy atom. The molecule has 3 aliphatic rings. The quantitative estimate of drug-likeness (QED) is 0.605. The Kier molecular flexibility index (Phi) is 4.72. The van der Waals surface area contributed by atoms with Crippen molar-refractivity contribution in [2.45, 2.75) is 19.0 Å². The van der Waals surface area contributed by atoms with E-state index in [1.807, 2.05) is 24.3 Å². The van der Waals surface area contributed by atoms with Crippen LogP contribution in [0.3, 0.4) is 0 Å². The number of rotatable bonds is 4. The number of hydrogen-bond donors (Lipinski definition) is 1. The highest BCUT2D eigenvalue weighted by atomic mass is 16.7. The standard InChI is InChI=1S/C26H20N2O6/c29-24(27-20-9-10-32-21-4-2-1-3-18(20)21)16-6-7-17-19(12-16)26(31)28(25(17)30)13-15-5-8-22-23(11-15)34-14-33-22/h1-8,11-12,20H,9-10,13-14H2,(H,27,29). The first-order valence-corrected chi connectivity index (χ1v) is 11.0. The Balaban J connectivity index is 1.21. The van der Waals surface area contributed by atoms with E-state index in [9.17, 15) is 14.4 Å². The summed E-state index contributed by atoms with van der Waals surface area (Å²) in [5.41, 5.74) is 2.51. The molecule has 170 valence electrons. The van der Waals surface area contributed by atoms with E-state index in [1.54, 1.807) is 30.3 Å². The first kappa shape index (κ1) is 20.3. The molecule has 3 amide bonds. The van der Waals surface area contributed by atoms with Crippen molar-refractivity contribution in [1.29, 1.82) is 0 Å². The molecule has 0 saturated heterocycles. The Morgan fingerprint density at radius 2 is 1.71 bits per heavy atom. The van der Waals surface area contributed by atoms with Crippen LogP contribution in [0.1, 0.15) is 54.7 Å². The normalized spacial score (nSPS) is 17.8. The summed E-state index contributed by atoms with van der Waals surface area (Å²) in [6.45, 7) is 0.757. The molecule has 0 bridgehead atoms. The van der Waals surface area contributed by atoms with Crippen LogP contribution in [-0.2, 0) is 6.54 Å². The van der Waals surface area contributed by atoms with Crippen molar-refractivity contribution in [2.24, 2.45) is 0 Å². The van der Waals surface area contributed by atoms with Crippen LogP contribution in [-0.4, -0.2) is 36.0 Å². The van der Waals surface area contributed by atoms with Gasteiger partial charge in [0.25, 0.3) is 17.7 Å². The van der Waals surface area contributed by atoms with E-state index in [0.29, 0.717) is 35.7 Å². The number of para-hydroxylation sites is 1. The van der Waals surface area contributed by atoms with Crippen molar-refractivity contribution in [2.75, 3.05) is 13.4 Å². The van der Waals surface area contributed by atoms with Crippen LogP contribution >= 0.6 is 0 Å². The predicted octanol–water partition coefficient (Wildman–Crippen LogP) is 3.47. The Bertz CT molecular complexity index is 1350. The van der Waals surface area contributed by atoms with Crippen LogP contribution in [0.25, 0.3) is 0 Å². The zero-order valence-electron chi connectivity index (χ0n) is 18.1. The summed E-state index contributed by atoms with van der Waals surface area (Å²) in [6.07, 6.45) is 0.647. The zero-order valence-corrected chi connectivity index (χ0v) is 18.1. The van der Waals surface area contributed by atoms with Crippen molar-refractivity contribution in [3.8, 4) is 17.2 Å². The highest BCUT2D eigenvalue weighted by molar-refractivity contribution is 6.22. The summed E-state index contributed by atoms with van der Waals surface area (Å²) in [6, 6.07) is 17.3. The number of nitrogens with one attached hydrogen (secondary N) is 1. The van der Waals surface area contributed by atoms with Crippen LogP contribution in [0.4, 0.5) is 0 Å². The Labute approximate surface area is 195 Å². The van der Waals surface area contributed by atoms with Gasteiger partial charge >= 0.3 is 0 Å². The number of imide groups is 1. The molecule has 0 fully saturated rings. The minimum Gasteiger partial charge on any atom is -0.493 e. The van der Waals surface area contributed by atoms with Gasteiger partial charge in [0.05, 0.1) is 30.3 Å². The van der Waals surface area contributed by atoms with E-state index in [4.69, 9.17) is 14.2 Å². The molecule has 1 atom stereocenters. The zero-order chi connectivity index (χ0) is 23.2. The first-order valence-electron chi connectivity index (χ1n) is 11.0. The Morgan fingerprint density at radius 1 is 0.882 bits per heavy atom. The maximum absolute atomic E-state index is 13.1. The fraction of sp³-hybridized carbons (Fsp3) is 0.192. The van der Waals surface area contributed by atoms with Gasteiger partial charge < -0.3 is 19.5 Å². The highest BCUT2D eigenvalue weighted by Gasteiger charge is 2.36. The van der Waals surface area contributed by atoms with Crippen LogP contribution in [0, 0.1) is 0 Å². The molecule has 0 radical (unpaired) electrons. The number of hydrogen-bond acceptors (Lipinski definition) is 6. The van der Waals surface area contributed by atoms with Crippen molar-refractivity contribution in [3.05, 3.63) is 88.5 Å². The van der Waals surface area contributed by atoms with E-state index in [2.05, 4.69) is 5.32 Å². The van der Waals surface area contributed by atoms with Gasteiger partial charge in [-0.25, -0.2) is 0 Å². The van der Waals surface area contributed by atoms with E-state index in [-0.39, 0.29) is 36.8 Å². The van der Waals surface area contributed by atoms with Crippen molar-refractivity contribution < 1.29 is 28.6 Å². The van der Waals surface area contributed by atoms with Gasteiger partial charge in [-0.2, -0.15) is 0 Å². The molecular formula is C26H20N2O6. The summed E-state index contributed by atoms with van der Waals surface area (Å²) in [7, 11) is 0. The van der Waals surface area contributed by atoms with Gasteiger partial charge in [0.15, 0.2) is 11.5 Å². The number of benzene rings is 3. The lowest BCUT2D eigenvalue weighted by atomic mass is 9.99. The molecule has 1 unspecified atom stereocenters. The van der Waals surface area contributed by atoms with E-state index in [0.717, 1.165) is 16.9 Å². The maximum Gasteiger partial charge on any atom is 0.261 e. The maximum atomic E-state index is 13.1. The molecule has 3 aliphatic heterocycles. The fourth-order valence-electron chi connectivity index (χ4n) is 4.53. The SMILES string of the molecule is O=C(NC1CCOc2ccccc21)c1ccc2c(c1)C(=O)N(Cc1ccc3c(c1)OCO3)C2=O. The molecule has 0 spiro atoms. The van der Waals surface area contributed by atoms with Crippen molar-refractivity contribution in [3.63, 3.8) is 0 Å². The lowest BCUT2D eigenvalue weighted by molar-refractivity contribution is 0.0642. The number of carbonyl (C=O) groups is 3. The summed E-state index contributed by atoms with van der Waals surface area (Å²) in [5.74, 6) is 0.857. The number of fused-ring (bicyclic) bond motifs is 3. The Hall–Kier alpha value is -4.33. The minimum atomic E-state index is -0.427. The van der Waals surface area contributed by atoms with Gasteiger partial charge in [-0.3, -0.25) is 19.3 Å². The predicted molar refractivity (Wildman–Crippen MR) is 120 cm³/mol. The third-order valence-corrected chi connectivity index (χ3v) is 6.27. The van der Waals surface area contributed by atoms with Crippen LogP contribution in [0.15, 0.2) is 60.7 Å². The number of ether oxygens (including phenoxy) is 3. The molecule has 3 aromatic carbocycles. The third kappa shape index (κ3) is 3.35. The number of amides is 3. The molecule has 1 N–H and O–H groups in total. The summed E-state index contributed by atoms with van der Waals surface area (Å²) < 4.78 is 16.4. The van der Waals surface area contributed by atoms with Crippen LogP contribution in [0.2, 0.25) is 0 Å². The fourth-order valence-corrected chi connectivity index (χ4v) is 4.53. The second-order valence-electron chi connectivity index (χ2n) is 8.35. The van der Waals surface area contributed by atoms with Crippen molar-refractivity contribution in [1.82, 2.24) is 10.2 Å². The molecule has 8 nitrogen and oxygen atoms in total. The van der Waals surface area contributed by atoms with Crippen LogP contribution < -0.4 is 19.5 Å². The van der Waals surface area contributed by atoms with Crippen molar-refractivity contribution >= 4 is 17.7 Å². The van der Waals surface area contributed by atoms with E-state index >= 15 is 0 Å². The number of carbonyl (C=O) groups excluding carboxylic acids is 3. The average molecular weight is 456 g/mol.